The summed E-state index contributed by atoms with van der Waals surface area (Å²) in [7, 11) is 3.37. The van der Waals surface area contributed by atoms with Crippen molar-refractivity contribution >= 4 is 0 Å². The summed E-state index contributed by atoms with van der Waals surface area (Å²) >= 11 is 0. The van der Waals surface area contributed by atoms with E-state index >= 15 is 0 Å². The van der Waals surface area contributed by atoms with E-state index in [0.717, 1.165) is 23.7 Å². The van der Waals surface area contributed by atoms with Crippen LogP contribution in [0.4, 0.5) is 0 Å². The average Bonchev–Trinajstić information content (AvgIpc) is 2.50. The van der Waals surface area contributed by atoms with Gasteiger partial charge in [0.15, 0.2) is 0 Å². The van der Waals surface area contributed by atoms with Gasteiger partial charge < -0.3 is 19.5 Å². The summed E-state index contributed by atoms with van der Waals surface area (Å²) in [4.78, 5) is 0. The molecule has 2 unspecified atom stereocenters. The van der Waals surface area contributed by atoms with Crippen LogP contribution in [-0.4, -0.2) is 33.5 Å². The van der Waals surface area contributed by atoms with Gasteiger partial charge in [-0.3, -0.25) is 0 Å². The van der Waals surface area contributed by atoms with Crippen LogP contribution >= 0.6 is 0 Å². The van der Waals surface area contributed by atoms with E-state index < -0.39 is 0 Å². The maximum Gasteiger partial charge on any atom is 0.123 e. The summed E-state index contributed by atoms with van der Waals surface area (Å²) in [6, 6.07) is 6.34. The lowest BCUT2D eigenvalue weighted by atomic mass is 10.0. The van der Waals surface area contributed by atoms with Gasteiger partial charge in [0.2, 0.25) is 0 Å². The fourth-order valence-corrected chi connectivity index (χ4v) is 2.27. The van der Waals surface area contributed by atoms with Crippen LogP contribution in [0.25, 0.3) is 0 Å². The highest BCUT2D eigenvalue weighted by molar-refractivity contribution is 5.42. The van der Waals surface area contributed by atoms with Crippen molar-refractivity contribution in [1.82, 2.24) is 5.32 Å². The topological polar surface area (TPSA) is 39.7 Å². The van der Waals surface area contributed by atoms with Crippen LogP contribution in [0.3, 0.4) is 0 Å². The molecule has 0 bridgehead atoms. The van der Waals surface area contributed by atoms with E-state index in [1.54, 1.807) is 14.2 Å². The molecule has 0 saturated heterocycles. The predicted octanol–water partition coefficient (Wildman–Crippen LogP) is 3.42. The average molecular weight is 295 g/mol. The molecule has 1 aromatic carbocycles. The molecule has 0 radical (unpaired) electrons. The zero-order valence-corrected chi connectivity index (χ0v) is 14.1. The van der Waals surface area contributed by atoms with Crippen molar-refractivity contribution < 1.29 is 14.2 Å². The van der Waals surface area contributed by atoms with Gasteiger partial charge in [-0.05, 0) is 38.0 Å². The Kier molecular flexibility index (Phi) is 7.54. The molecule has 0 aliphatic rings. The van der Waals surface area contributed by atoms with Crippen molar-refractivity contribution in [3.8, 4) is 11.5 Å². The van der Waals surface area contributed by atoms with E-state index in [1.807, 2.05) is 25.1 Å². The standard InChI is InChI=1S/C17H29NO3/c1-7-21-11-16(12(2)3)18-13(4)15-10-14(19-5)8-9-17(15)20-6/h8-10,12-13,16,18H,7,11H2,1-6H3. The van der Waals surface area contributed by atoms with Gasteiger partial charge in [0.25, 0.3) is 0 Å². The maximum absolute atomic E-state index is 5.58. The summed E-state index contributed by atoms with van der Waals surface area (Å²) < 4.78 is 16.4. The molecule has 0 aliphatic heterocycles. The Hall–Kier alpha value is -1.26. The molecule has 0 fully saturated rings. The predicted molar refractivity (Wildman–Crippen MR) is 86.2 cm³/mol. The summed E-state index contributed by atoms with van der Waals surface area (Å²) in [6.07, 6.45) is 0. The molecule has 0 spiro atoms. The van der Waals surface area contributed by atoms with Gasteiger partial charge >= 0.3 is 0 Å². The van der Waals surface area contributed by atoms with Crippen molar-refractivity contribution in [2.24, 2.45) is 5.92 Å². The molecular weight excluding hydrogens is 266 g/mol. The summed E-state index contributed by atoms with van der Waals surface area (Å²) in [5, 5.41) is 3.63. The van der Waals surface area contributed by atoms with Gasteiger partial charge in [0.1, 0.15) is 11.5 Å². The molecule has 1 N–H and O–H groups in total. The van der Waals surface area contributed by atoms with Crippen LogP contribution in [0.2, 0.25) is 0 Å². The first-order chi connectivity index (χ1) is 10.0. The molecule has 1 aromatic rings. The van der Waals surface area contributed by atoms with Crippen LogP contribution in [0, 0.1) is 5.92 Å². The van der Waals surface area contributed by atoms with Crippen molar-refractivity contribution in [1.29, 1.82) is 0 Å². The molecule has 2 atom stereocenters. The smallest absolute Gasteiger partial charge is 0.123 e. The summed E-state index contributed by atoms with van der Waals surface area (Å²) in [6.45, 7) is 10.0. The van der Waals surface area contributed by atoms with E-state index in [1.165, 1.54) is 0 Å². The quantitative estimate of drug-likeness (QED) is 0.758. The van der Waals surface area contributed by atoms with E-state index in [4.69, 9.17) is 14.2 Å². The van der Waals surface area contributed by atoms with Crippen molar-refractivity contribution in [2.45, 2.75) is 39.8 Å². The first-order valence-electron chi connectivity index (χ1n) is 7.59. The number of hydrogen-bond donors (Lipinski definition) is 1. The Morgan fingerprint density at radius 1 is 1.10 bits per heavy atom. The van der Waals surface area contributed by atoms with E-state index in [9.17, 15) is 0 Å². The third-order valence-electron chi connectivity index (χ3n) is 3.67. The Balaban J connectivity index is 2.87. The molecule has 4 heteroatoms. The highest BCUT2D eigenvalue weighted by atomic mass is 16.5. The number of hydrogen-bond acceptors (Lipinski definition) is 4. The van der Waals surface area contributed by atoms with Crippen LogP contribution in [0.15, 0.2) is 18.2 Å². The molecule has 0 heterocycles. The van der Waals surface area contributed by atoms with Gasteiger partial charge in [0, 0.05) is 24.3 Å². The molecule has 4 nitrogen and oxygen atoms in total. The lowest BCUT2D eigenvalue weighted by molar-refractivity contribution is 0.104. The first-order valence-corrected chi connectivity index (χ1v) is 7.59. The summed E-state index contributed by atoms with van der Waals surface area (Å²) in [5.74, 6) is 2.20. The molecule has 120 valence electrons. The minimum atomic E-state index is 0.155. The molecule has 0 saturated carbocycles. The Morgan fingerprint density at radius 2 is 1.81 bits per heavy atom. The largest absolute Gasteiger partial charge is 0.497 e. The Bertz CT molecular complexity index is 420. The second-order valence-electron chi connectivity index (χ2n) is 5.51. The van der Waals surface area contributed by atoms with Gasteiger partial charge in [0.05, 0.1) is 20.8 Å². The van der Waals surface area contributed by atoms with Crippen molar-refractivity contribution in [3.05, 3.63) is 23.8 Å². The molecule has 0 aliphatic carbocycles. The zero-order chi connectivity index (χ0) is 15.8. The lowest BCUT2D eigenvalue weighted by Crippen LogP contribution is -2.39. The first kappa shape index (κ1) is 17.8. The third kappa shape index (κ3) is 5.21. The monoisotopic (exact) mass is 295 g/mol. The number of nitrogens with one attached hydrogen (secondary N) is 1. The second-order valence-corrected chi connectivity index (χ2v) is 5.51. The fraction of sp³-hybridized carbons (Fsp3) is 0.647. The van der Waals surface area contributed by atoms with Crippen LogP contribution in [0.1, 0.15) is 39.3 Å². The number of methoxy groups -OCH3 is 2. The molecule has 0 amide bonds. The van der Waals surface area contributed by atoms with Crippen LogP contribution in [-0.2, 0) is 4.74 Å². The van der Waals surface area contributed by atoms with Crippen molar-refractivity contribution in [3.63, 3.8) is 0 Å². The fourth-order valence-electron chi connectivity index (χ4n) is 2.27. The minimum Gasteiger partial charge on any atom is -0.497 e. The lowest BCUT2D eigenvalue weighted by Gasteiger charge is -2.27. The molecule has 21 heavy (non-hydrogen) atoms. The summed E-state index contributed by atoms with van der Waals surface area (Å²) in [5.41, 5.74) is 1.10. The molecular formula is C17H29NO3. The Morgan fingerprint density at radius 3 is 2.33 bits per heavy atom. The normalized spacial score (nSPS) is 14.0. The van der Waals surface area contributed by atoms with Gasteiger partial charge in [-0.1, -0.05) is 13.8 Å². The second kappa shape index (κ2) is 8.90. The third-order valence-corrected chi connectivity index (χ3v) is 3.67. The van der Waals surface area contributed by atoms with Gasteiger partial charge in [-0.2, -0.15) is 0 Å². The maximum atomic E-state index is 5.58. The minimum absolute atomic E-state index is 0.155. The SMILES string of the molecule is CCOCC(NC(C)c1cc(OC)ccc1OC)C(C)C. The van der Waals surface area contributed by atoms with E-state index in [-0.39, 0.29) is 6.04 Å². The van der Waals surface area contributed by atoms with Gasteiger partial charge in [-0.15, -0.1) is 0 Å². The number of rotatable bonds is 9. The Labute approximate surface area is 128 Å². The van der Waals surface area contributed by atoms with Crippen LogP contribution in [0.5, 0.6) is 11.5 Å². The van der Waals surface area contributed by atoms with E-state index in [2.05, 4.69) is 26.1 Å². The number of ether oxygens (including phenoxy) is 3. The highest BCUT2D eigenvalue weighted by Gasteiger charge is 2.19. The number of benzene rings is 1. The molecule has 0 aromatic heterocycles. The van der Waals surface area contributed by atoms with E-state index in [0.29, 0.717) is 18.6 Å². The van der Waals surface area contributed by atoms with Crippen LogP contribution < -0.4 is 14.8 Å². The zero-order valence-electron chi connectivity index (χ0n) is 14.1. The van der Waals surface area contributed by atoms with Gasteiger partial charge in [-0.25, -0.2) is 0 Å². The molecule has 1 rings (SSSR count). The van der Waals surface area contributed by atoms with Crippen molar-refractivity contribution in [2.75, 3.05) is 27.4 Å². The highest BCUT2D eigenvalue weighted by Crippen LogP contribution is 2.29.